The molecule has 76 valence electrons. The van der Waals surface area contributed by atoms with Crippen molar-refractivity contribution in [2.75, 3.05) is 0 Å². The van der Waals surface area contributed by atoms with Gasteiger partial charge in [-0.3, -0.25) is 4.98 Å². The number of nitrogens with zero attached hydrogens (tertiary/aromatic N) is 1. The summed E-state index contributed by atoms with van der Waals surface area (Å²) in [6, 6.07) is 3.94. The van der Waals surface area contributed by atoms with Gasteiger partial charge < -0.3 is 0 Å². The van der Waals surface area contributed by atoms with E-state index in [1.165, 1.54) is 5.57 Å². The van der Waals surface area contributed by atoms with E-state index in [0.717, 1.165) is 17.0 Å². The number of hydrogen-bond donors (Lipinski definition) is 0. The molecule has 0 atom stereocenters. The summed E-state index contributed by atoms with van der Waals surface area (Å²) in [6.07, 6.45) is 4.59. The zero-order chi connectivity index (χ0) is 11.0. The summed E-state index contributed by atoms with van der Waals surface area (Å²) >= 11 is 0. The van der Waals surface area contributed by atoms with Crippen LogP contribution in [-0.4, -0.2) is 4.98 Å². The van der Waals surface area contributed by atoms with Crippen LogP contribution in [0.1, 0.15) is 27.2 Å². The summed E-state index contributed by atoms with van der Waals surface area (Å²) in [6.45, 7) is 13.7. The molecule has 1 aromatic rings. The number of allylic oxidation sites excluding steroid dienone is 1. The summed E-state index contributed by atoms with van der Waals surface area (Å²) in [7, 11) is 0. The van der Waals surface area contributed by atoms with Crippen LogP contribution in [0.2, 0.25) is 0 Å². The average molecular weight is 189 g/mol. The summed E-state index contributed by atoms with van der Waals surface area (Å²) in [4.78, 5) is 4.12. The minimum Gasteiger partial charge on any atom is -0.257 e. The first-order chi connectivity index (χ1) is 6.79. The minimum absolute atomic E-state index is 0.828. The van der Waals surface area contributed by atoms with E-state index in [-0.39, 0.29) is 0 Å². The standard InChI is InChI=1S/C11H13N.C2H6/c1-4-10(5-2)11-7-6-8-12-9(11)3;1-2/h4,6-8H,1,3,5H2,2H3;1-2H3/b11-10+;. The van der Waals surface area contributed by atoms with Crippen molar-refractivity contribution in [3.05, 3.63) is 41.6 Å². The molecular weight excluding hydrogens is 170 g/mol. The Balaban J connectivity index is 0.000000791. The Bertz CT molecular complexity index is 376. The largest absolute Gasteiger partial charge is 0.257 e. The number of aromatic nitrogens is 1. The highest BCUT2D eigenvalue weighted by atomic mass is 14.6. The van der Waals surface area contributed by atoms with Crippen LogP contribution >= 0.6 is 0 Å². The lowest BCUT2D eigenvalue weighted by molar-refractivity contribution is 1.18. The van der Waals surface area contributed by atoms with Gasteiger partial charge in [-0.2, -0.15) is 0 Å². The Morgan fingerprint density at radius 2 is 2.14 bits per heavy atom. The van der Waals surface area contributed by atoms with Crippen LogP contribution in [0.25, 0.3) is 12.2 Å². The molecule has 0 aliphatic heterocycles. The molecule has 0 radical (unpaired) electrons. The quantitative estimate of drug-likeness (QED) is 0.695. The van der Waals surface area contributed by atoms with Crippen molar-refractivity contribution in [2.45, 2.75) is 27.2 Å². The molecule has 0 unspecified atom stereocenters. The van der Waals surface area contributed by atoms with E-state index in [1.54, 1.807) is 6.20 Å². The van der Waals surface area contributed by atoms with E-state index in [1.807, 2.05) is 32.1 Å². The van der Waals surface area contributed by atoms with E-state index < -0.39 is 0 Å². The van der Waals surface area contributed by atoms with Crippen molar-refractivity contribution in [3.8, 4) is 0 Å². The monoisotopic (exact) mass is 189 g/mol. The summed E-state index contributed by atoms with van der Waals surface area (Å²) < 4.78 is 0. The number of rotatable bonds is 2. The lowest BCUT2D eigenvalue weighted by Crippen LogP contribution is -2.27. The summed E-state index contributed by atoms with van der Waals surface area (Å²) in [5.41, 5.74) is 1.20. The van der Waals surface area contributed by atoms with Crippen LogP contribution in [0.15, 0.2) is 31.0 Å². The third-order valence-corrected chi connectivity index (χ3v) is 1.86. The van der Waals surface area contributed by atoms with Crippen LogP contribution in [0.4, 0.5) is 0 Å². The highest BCUT2D eigenvalue weighted by Gasteiger charge is 1.89. The van der Waals surface area contributed by atoms with Gasteiger partial charge in [0.05, 0.1) is 5.35 Å². The Morgan fingerprint density at radius 3 is 2.57 bits per heavy atom. The third kappa shape index (κ3) is 3.17. The van der Waals surface area contributed by atoms with Crippen LogP contribution < -0.4 is 10.6 Å². The predicted molar refractivity (Wildman–Crippen MR) is 64.3 cm³/mol. The molecule has 0 aliphatic rings. The molecule has 1 nitrogen and oxygen atoms in total. The van der Waals surface area contributed by atoms with Gasteiger partial charge in [0.2, 0.25) is 0 Å². The SMILES string of the molecule is C=C/C(CC)=c1/cccnc1=C.CC. The van der Waals surface area contributed by atoms with Crippen LogP contribution in [0, 0.1) is 0 Å². The molecule has 1 rings (SSSR count). The molecule has 0 saturated carbocycles. The molecule has 0 amide bonds. The average Bonchev–Trinajstić information content (AvgIpc) is 2.25. The smallest absolute Gasteiger partial charge is 0.0632 e. The summed E-state index contributed by atoms with van der Waals surface area (Å²) in [5.74, 6) is 0. The van der Waals surface area contributed by atoms with Gasteiger partial charge >= 0.3 is 0 Å². The fourth-order valence-corrected chi connectivity index (χ4v) is 1.18. The van der Waals surface area contributed by atoms with Crippen molar-refractivity contribution >= 4 is 12.2 Å². The zero-order valence-corrected chi connectivity index (χ0v) is 9.38. The van der Waals surface area contributed by atoms with Crippen LogP contribution in [-0.2, 0) is 0 Å². The maximum atomic E-state index is 4.12. The molecule has 1 heterocycles. The molecular formula is C13H19N. The predicted octanol–water partition coefficient (Wildman–Crippen LogP) is 2.26. The number of hydrogen-bond acceptors (Lipinski definition) is 1. The second-order valence-electron chi connectivity index (χ2n) is 2.58. The van der Waals surface area contributed by atoms with Gasteiger partial charge in [0.1, 0.15) is 0 Å². The molecule has 14 heavy (non-hydrogen) atoms. The van der Waals surface area contributed by atoms with Crippen LogP contribution in [0.3, 0.4) is 0 Å². The van der Waals surface area contributed by atoms with Gasteiger partial charge in [-0.25, -0.2) is 0 Å². The second kappa shape index (κ2) is 7.07. The fourth-order valence-electron chi connectivity index (χ4n) is 1.18. The first-order valence-electron chi connectivity index (χ1n) is 5.05. The molecule has 0 saturated heterocycles. The molecule has 0 fully saturated rings. The first kappa shape index (κ1) is 12.6. The van der Waals surface area contributed by atoms with Gasteiger partial charge in [-0.1, -0.05) is 46.1 Å². The summed E-state index contributed by atoms with van der Waals surface area (Å²) in [5, 5.41) is 1.93. The lowest BCUT2D eigenvalue weighted by Gasteiger charge is -1.95. The lowest BCUT2D eigenvalue weighted by atomic mass is 10.1. The van der Waals surface area contributed by atoms with Gasteiger partial charge in [0.15, 0.2) is 0 Å². The first-order valence-corrected chi connectivity index (χ1v) is 5.05. The topological polar surface area (TPSA) is 12.9 Å². The molecule has 0 aliphatic carbocycles. The Hall–Kier alpha value is -1.37. The minimum atomic E-state index is 0.828. The van der Waals surface area contributed by atoms with Crippen molar-refractivity contribution in [1.82, 2.24) is 4.98 Å². The van der Waals surface area contributed by atoms with E-state index in [0.29, 0.717) is 0 Å². The Morgan fingerprint density at radius 1 is 1.50 bits per heavy atom. The number of pyridine rings is 1. The zero-order valence-electron chi connectivity index (χ0n) is 9.38. The van der Waals surface area contributed by atoms with Gasteiger partial charge in [-0.05, 0) is 18.1 Å². The highest BCUT2D eigenvalue weighted by Crippen LogP contribution is 1.97. The second-order valence-corrected chi connectivity index (χ2v) is 2.58. The Kier molecular flexibility index (Phi) is 6.38. The van der Waals surface area contributed by atoms with Gasteiger partial charge in [0.25, 0.3) is 0 Å². The maximum absolute atomic E-state index is 4.12. The van der Waals surface area contributed by atoms with E-state index >= 15 is 0 Å². The highest BCUT2D eigenvalue weighted by molar-refractivity contribution is 5.54. The van der Waals surface area contributed by atoms with Crippen LogP contribution in [0.5, 0.6) is 0 Å². The van der Waals surface area contributed by atoms with Crippen molar-refractivity contribution < 1.29 is 0 Å². The third-order valence-electron chi connectivity index (χ3n) is 1.86. The molecule has 0 aromatic carbocycles. The van der Waals surface area contributed by atoms with Crippen molar-refractivity contribution in [1.29, 1.82) is 0 Å². The van der Waals surface area contributed by atoms with Gasteiger partial charge in [-0.15, -0.1) is 0 Å². The molecule has 1 aromatic heterocycles. The molecule has 0 spiro atoms. The molecule has 0 N–H and O–H groups in total. The van der Waals surface area contributed by atoms with E-state index in [4.69, 9.17) is 0 Å². The van der Waals surface area contributed by atoms with Crippen molar-refractivity contribution in [3.63, 3.8) is 0 Å². The van der Waals surface area contributed by atoms with E-state index in [9.17, 15) is 0 Å². The maximum Gasteiger partial charge on any atom is 0.0632 e. The van der Waals surface area contributed by atoms with Crippen molar-refractivity contribution in [2.24, 2.45) is 0 Å². The molecule has 0 bridgehead atoms. The molecule has 1 heteroatoms. The Labute approximate surface area is 86.5 Å². The van der Waals surface area contributed by atoms with E-state index in [2.05, 4.69) is 25.1 Å². The fraction of sp³-hybridized carbons (Fsp3) is 0.308. The normalized spacial score (nSPS) is 11.1. The van der Waals surface area contributed by atoms with Gasteiger partial charge in [0, 0.05) is 11.4 Å².